The van der Waals surface area contributed by atoms with Crippen molar-refractivity contribution in [3.05, 3.63) is 48.3 Å². The molecule has 0 saturated carbocycles. The highest BCUT2D eigenvalue weighted by Crippen LogP contribution is 2.30. The van der Waals surface area contributed by atoms with E-state index in [1.54, 1.807) is 0 Å². The predicted molar refractivity (Wildman–Crippen MR) is 101 cm³/mol. The number of fused-ring (bicyclic) bond motifs is 1. The number of rotatable bonds is 4. The van der Waals surface area contributed by atoms with Crippen LogP contribution in [-0.4, -0.2) is 18.6 Å². The number of aryl methyl sites for hydroxylation is 1. The van der Waals surface area contributed by atoms with Gasteiger partial charge >= 0.3 is 0 Å². The van der Waals surface area contributed by atoms with Gasteiger partial charge in [-0.2, -0.15) is 0 Å². The first kappa shape index (κ1) is 17.5. The second-order valence-electron chi connectivity index (χ2n) is 6.31. The average molecular weight is 310 g/mol. The van der Waals surface area contributed by atoms with E-state index in [1.807, 2.05) is 12.4 Å². The second-order valence-corrected chi connectivity index (χ2v) is 6.31. The minimum atomic E-state index is 1.17. The van der Waals surface area contributed by atoms with E-state index < -0.39 is 0 Å². The molecule has 3 rings (SSSR count). The Bertz CT molecular complexity index is 574. The highest BCUT2D eigenvalue weighted by atomic mass is 15.1. The van der Waals surface area contributed by atoms with Gasteiger partial charge in [0.25, 0.3) is 0 Å². The number of unbranched alkanes of at least 4 members (excludes halogenated alkanes) is 3. The van der Waals surface area contributed by atoms with E-state index in [1.165, 1.54) is 67.4 Å². The van der Waals surface area contributed by atoms with Crippen molar-refractivity contribution in [1.82, 2.24) is 4.98 Å². The maximum atomic E-state index is 4.06. The summed E-state index contributed by atoms with van der Waals surface area (Å²) >= 11 is 0. The minimum Gasteiger partial charge on any atom is -0.374 e. The fourth-order valence-corrected chi connectivity index (χ4v) is 3.01. The molecule has 1 aliphatic heterocycles. The molecule has 2 nitrogen and oxygen atoms in total. The number of benzene rings is 1. The predicted octanol–water partition coefficient (Wildman–Crippen LogP) is 5.72. The molecule has 0 spiro atoms. The van der Waals surface area contributed by atoms with Gasteiger partial charge in [-0.15, -0.1) is 0 Å². The van der Waals surface area contributed by atoms with Crippen LogP contribution in [0, 0.1) is 0 Å². The molecule has 1 aromatic carbocycles. The quantitative estimate of drug-likeness (QED) is 0.672. The second kappa shape index (κ2) is 9.34. The summed E-state index contributed by atoms with van der Waals surface area (Å²) in [7, 11) is 2.17. The normalized spacial score (nSPS) is 13.1. The highest BCUT2D eigenvalue weighted by molar-refractivity contribution is 5.69. The molecule has 0 unspecified atom stereocenters. The lowest BCUT2D eigenvalue weighted by Gasteiger charge is -2.27. The van der Waals surface area contributed by atoms with Crippen LogP contribution in [0.1, 0.15) is 51.5 Å². The van der Waals surface area contributed by atoms with E-state index in [9.17, 15) is 0 Å². The smallest absolute Gasteiger partial charge is 0.0396 e. The van der Waals surface area contributed by atoms with Crippen molar-refractivity contribution in [3.63, 3.8) is 0 Å². The molecule has 0 atom stereocenters. The number of anilines is 1. The molecule has 23 heavy (non-hydrogen) atoms. The van der Waals surface area contributed by atoms with E-state index in [0.29, 0.717) is 0 Å². The van der Waals surface area contributed by atoms with E-state index in [0.717, 1.165) is 0 Å². The van der Waals surface area contributed by atoms with Gasteiger partial charge in [0.05, 0.1) is 0 Å². The number of hydrogen-bond donors (Lipinski definition) is 0. The summed E-state index contributed by atoms with van der Waals surface area (Å²) in [4.78, 5) is 6.40. The number of aromatic nitrogens is 1. The van der Waals surface area contributed by atoms with Crippen LogP contribution < -0.4 is 4.90 Å². The number of pyridine rings is 1. The molecule has 0 bridgehead atoms. The molecular formula is C21H30N2. The van der Waals surface area contributed by atoms with Crippen LogP contribution in [0.3, 0.4) is 0 Å². The van der Waals surface area contributed by atoms with Gasteiger partial charge in [-0.25, -0.2) is 0 Å². The number of hydrogen-bond acceptors (Lipinski definition) is 2. The standard InChI is InChI=1S/C15H16N2.C6H14/c1-17-10-2-3-14-11-13(4-5-15(14)17)12-6-8-16-9-7-12;1-3-5-6-4-2/h4-9,11H,2-3,10H2,1H3;3-6H2,1-2H3. The molecule has 1 aromatic heterocycles. The topological polar surface area (TPSA) is 16.1 Å². The first-order valence-corrected chi connectivity index (χ1v) is 9.00. The largest absolute Gasteiger partial charge is 0.374 e. The summed E-state index contributed by atoms with van der Waals surface area (Å²) in [5, 5.41) is 0. The summed E-state index contributed by atoms with van der Waals surface area (Å²) in [6.07, 6.45) is 11.7. The third-order valence-corrected chi connectivity index (χ3v) is 4.40. The minimum absolute atomic E-state index is 1.17. The summed E-state index contributed by atoms with van der Waals surface area (Å²) in [5.41, 5.74) is 5.39. The molecule has 0 saturated heterocycles. The summed E-state index contributed by atoms with van der Waals surface area (Å²) in [6.45, 7) is 5.63. The molecule has 0 fully saturated rings. The van der Waals surface area contributed by atoms with Crippen LogP contribution >= 0.6 is 0 Å². The molecule has 124 valence electrons. The summed E-state index contributed by atoms with van der Waals surface area (Å²) < 4.78 is 0. The van der Waals surface area contributed by atoms with Gasteiger partial charge in [0, 0.05) is 31.7 Å². The van der Waals surface area contributed by atoms with Crippen molar-refractivity contribution in [1.29, 1.82) is 0 Å². The first-order valence-electron chi connectivity index (χ1n) is 9.00. The SMILES string of the molecule is CCCCCC.CN1CCCc2cc(-c3ccncc3)ccc21. The molecule has 0 N–H and O–H groups in total. The van der Waals surface area contributed by atoms with E-state index >= 15 is 0 Å². The van der Waals surface area contributed by atoms with Gasteiger partial charge in [0.1, 0.15) is 0 Å². The van der Waals surface area contributed by atoms with Gasteiger partial charge in [-0.05, 0) is 53.8 Å². The monoisotopic (exact) mass is 310 g/mol. The molecule has 0 radical (unpaired) electrons. The van der Waals surface area contributed by atoms with Gasteiger partial charge in [0.15, 0.2) is 0 Å². The lowest BCUT2D eigenvalue weighted by Crippen LogP contribution is -2.24. The summed E-state index contributed by atoms with van der Waals surface area (Å²) in [5.74, 6) is 0. The lowest BCUT2D eigenvalue weighted by atomic mass is 9.97. The van der Waals surface area contributed by atoms with Crippen LogP contribution in [0.15, 0.2) is 42.7 Å². The third-order valence-electron chi connectivity index (χ3n) is 4.40. The first-order chi connectivity index (χ1) is 11.3. The third kappa shape index (κ3) is 5.09. The van der Waals surface area contributed by atoms with E-state index in [2.05, 4.69) is 61.1 Å². The van der Waals surface area contributed by atoms with E-state index in [4.69, 9.17) is 0 Å². The zero-order valence-electron chi connectivity index (χ0n) is 14.9. The molecule has 1 aliphatic rings. The average Bonchev–Trinajstić information content (AvgIpc) is 2.61. The molecular weight excluding hydrogens is 280 g/mol. The maximum Gasteiger partial charge on any atom is 0.0396 e. The van der Waals surface area contributed by atoms with Gasteiger partial charge < -0.3 is 4.90 Å². The lowest BCUT2D eigenvalue weighted by molar-refractivity contribution is 0.702. The highest BCUT2D eigenvalue weighted by Gasteiger charge is 2.13. The Morgan fingerprint density at radius 2 is 1.65 bits per heavy atom. The Morgan fingerprint density at radius 3 is 2.30 bits per heavy atom. The fourth-order valence-electron chi connectivity index (χ4n) is 3.01. The van der Waals surface area contributed by atoms with Crippen molar-refractivity contribution in [2.24, 2.45) is 0 Å². The molecule has 0 amide bonds. The number of nitrogens with zero attached hydrogens (tertiary/aromatic N) is 2. The Balaban J connectivity index is 0.000000277. The molecule has 2 aromatic rings. The van der Waals surface area contributed by atoms with Crippen LogP contribution in [0.25, 0.3) is 11.1 Å². The molecule has 2 heteroatoms. The van der Waals surface area contributed by atoms with E-state index in [-0.39, 0.29) is 0 Å². The van der Waals surface area contributed by atoms with Crippen LogP contribution in [0.4, 0.5) is 5.69 Å². The Labute approximate surface area is 141 Å². The van der Waals surface area contributed by atoms with Crippen LogP contribution in [0.5, 0.6) is 0 Å². The summed E-state index contributed by atoms with van der Waals surface area (Å²) in [6, 6.07) is 10.9. The van der Waals surface area contributed by atoms with Crippen molar-refractivity contribution < 1.29 is 0 Å². The van der Waals surface area contributed by atoms with Gasteiger partial charge in [-0.3, -0.25) is 4.98 Å². The van der Waals surface area contributed by atoms with Crippen molar-refractivity contribution in [2.75, 3.05) is 18.5 Å². The Morgan fingerprint density at radius 1 is 0.957 bits per heavy atom. The van der Waals surface area contributed by atoms with Crippen LogP contribution in [-0.2, 0) is 6.42 Å². The van der Waals surface area contributed by atoms with Crippen molar-refractivity contribution in [3.8, 4) is 11.1 Å². The fraction of sp³-hybridized carbons (Fsp3) is 0.476. The van der Waals surface area contributed by atoms with Crippen molar-refractivity contribution in [2.45, 2.75) is 52.4 Å². The van der Waals surface area contributed by atoms with Gasteiger partial charge in [0.2, 0.25) is 0 Å². The maximum absolute atomic E-state index is 4.06. The Hall–Kier alpha value is -1.83. The zero-order valence-corrected chi connectivity index (χ0v) is 14.9. The molecule has 2 heterocycles. The van der Waals surface area contributed by atoms with Gasteiger partial charge in [-0.1, -0.05) is 45.6 Å². The van der Waals surface area contributed by atoms with Crippen LogP contribution in [0.2, 0.25) is 0 Å². The molecule has 0 aliphatic carbocycles. The van der Waals surface area contributed by atoms with Crippen molar-refractivity contribution >= 4 is 5.69 Å². The zero-order chi connectivity index (χ0) is 16.5. The Kier molecular flexibility index (Phi) is 7.12.